The third kappa shape index (κ3) is 8.99. The summed E-state index contributed by atoms with van der Waals surface area (Å²) >= 11 is 0. The first kappa shape index (κ1) is 29.4. The first-order chi connectivity index (χ1) is 17.6. The van der Waals surface area contributed by atoms with Crippen LogP contribution in [0, 0.1) is 0 Å². The summed E-state index contributed by atoms with van der Waals surface area (Å²) in [5.41, 5.74) is 1.98. The van der Waals surface area contributed by atoms with Gasteiger partial charge in [-0.05, 0) is 41.5 Å². The largest absolute Gasteiger partial charge is 0.494 e. The van der Waals surface area contributed by atoms with Crippen LogP contribution in [0.3, 0.4) is 0 Å². The van der Waals surface area contributed by atoms with Gasteiger partial charge in [-0.3, -0.25) is 0 Å². The molecular weight excluding hydrogens is 460 g/mol. The molecule has 2 rings (SSSR count). The van der Waals surface area contributed by atoms with E-state index in [1.165, 1.54) is 0 Å². The highest BCUT2D eigenvalue weighted by atomic mass is 16.5. The molecule has 0 heterocycles. The molecule has 0 atom stereocenters. The molecule has 0 aliphatic carbocycles. The van der Waals surface area contributed by atoms with E-state index >= 15 is 0 Å². The molecule has 202 valence electrons. The van der Waals surface area contributed by atoms with Crippen molar-refractivity contribution in [2.75, 3.05) is 52.7 Å². The number of ether oxygens (including phenoxy) is 6. The predicted octanol–water partition coefficient (Wildman–Crippen LogP) is 4.96. The van der Waals surface area contributed by atoms with Crippen molar-refractivity contribution in [2.24, 2.45) is 0 Å². The summed E-state index contributed by atoms with van der Waals surface area (Å²) in [4.78, 5) is 0. The smallest absolute Gasteiger partial charge is 0.131 e. The van der Waals surface area contributed by atoms with Crippen LogP contribution < -0.4 is 39.1 Å². The van der Waals surface area contributed by atoms with Crippen molar-refractivity contribution in [3.63, 3.8) is 0 Å². The van der Waals surface area contributed by atoms with E-state index in [4.69, 9.17) is 28.4 Å². The van der Waals surface area contributed by atoms with Crippen molar-refractivity contribution < 1.29 is 28.4 Å². The van der Waals surface area contributed by atoms with Gasteiger partial charge in [-0.25, -0.2) is 0 Å². The molecule has 0 bridgehead atoms. The molecule has 0 amide bonds. The van der Waals surface area contributed by atoms with Crippen LogP contribution >= 0.6 is 0 Å². The Morgan fingerprint density at radius 2 is 0.722 bits per heavy atom. The van der Waals surface area contributed by atoms with Crippen LogP contribution in [-0.2, 0) is 13.1 Å². The maximum atomic E-state index is 5.89. The van der Waals surface area contributed by atoms with Gasteiger partial charge in [0, 0.05) is 50.4 Å². The number of hydrogen-bond acceptors (Lipinski definition) is 8. The van der Waals surface area contributed by atoms with E-state index in [9.17, 15) is 0 Å². The fourth-order valence-corrected chi connectivity index (χ4v) is 3.78. The molecule has 0 unspecified atom stereocenters. The highest BCUT2D eigenvalue weighted by Gasteiger charge is 2.16. The Bertz CT molecular complexity index is 778. The van der Waals surface area contributed by atoms with Crippen molar-refractivity contribution in [3.05, 3.63) is 35.4 Å². The van der Waals surface area contributed by atoms with Gasteiger partial charge in [-0.1, -0.05) is 0 Å². The summed E-state index contributed by atoms with van der Waals surface area (Å²) in [6, 6.07) is 7.73. The standard InChI is InChI=1S/C28H44N2O6/c1-7-31-21-15-25(33-9-3)23(26(16-21)34-10-4)19-29-13-14-30-20-24-27(35-11-5)17-22(32-8-2)18-28(24)36-12-6/h15-18,29-30H,7-14,19-20H2,1-6H3. The summed E-state index contributed by atoms with van der Waals surface area (Å²) in [6.07, 6.45) is 0. The molecule has 0 aromatic heterocycles. The predicted molar refractivity (Wildman–Crippen MR) is 143 cm³/mol. The Morgan fingerprint density at radius 3 is 0.972 bits per heavy atom. The molecule has 0 saturated carbocycles. The van der Waals surface area contributed by atoms with Crippen LogP contribution in [0.4, 0.5) is 0 Å². The Labute approximate surface area is 216 Å². The molecule has 0 fully saturated rings. The zero-order valence-electron chi connectivity index (χ0n) is 22.8. The normalized spacial score (nSPS) is 10.7. The summed E-state index contributed by atoms with van der Waals surface area (Å²) in [6.45, 7) is 18.1. The summed E-state index contributed by atoms with van der Waals surface area (Å²) in [7, 11) is 0. The molecule has 0 radical (unpaired) electrons. The van der Waals surface area contributed by atoms with E-state index in [0.717, 1.165) is 58.7 Å². The summed E-state index contributed by atoms with van der Waals surface area (Å²) in [5, 5.41) is 6.99. The van der Waals surface area contributed by atoms with Gasteiger partial charge in [-0.15, -0.1) is 0 Å². The fourth-order valence-electron chi connectivity index (χ4n) is 3.78. The number of nitrogens with one attached hydrogen (secondary N) is 2. The summed E-state index contributed by atoms with van der Waals surface area (Å²) in [5.74, 6) is 4.63. The number of hydrogen-bond donors (Lipinski definition) is 2. The molecule has 0 saturated heterocycles. The van der Waals surface area contributed by atoms with Crippen LogP contribution in [0.25, 0.3) is 0 Å². The van der Waals surface area contributed by atoms with Gasteiger partial charge >= 0.3 is 0 Å². The average Bonchev–Trinajstić information content (AvgIpc) is 2.85. The summed E-state index contributed by atoms with van der Waals surface area (Å²) < 4.78 is 35.0. The topological polar surface area (TPSA) is 79.4 Å². The minimum atomic E-state index is 0.572. The lowest BCUT2D eigenvalue weighted by molar-refractivity contribution is 0.299. The van der Waals surface area contributed by atoms with Gasteiger partial charge in [0.1, 0.15) is 34.5 Å². The molecule has 2 aromatic carbocycles. The lowest BCUT2D eigenvalue weighted by atomic mass is 10.1. The first-order valence-corrected chi connectivity index (χ1v) is 13.1. The molecule has 0 aliphatic rings. The van der Waals surface area contributed by atoms with E-state index in [1.807, 2.05) is 65.8 Å². The van der Waals surface area contributed by atoms with Crippen LogP contribution in [0.5, 0.6) is 34.5 Å². The second kappa shape index (κ2) is 16.8. The molecule has 0 aliphatic heterocycles. The lowest BCUT2D eigenvalue weighted by Crippen LogP contribution is -2.27. The molecule has 2 N–H and O–H groups in total. The van der Waals surface area contributed by atoms with Gasteiger partial charge in [0.2, 0.25) is 0 Å². The van der Waals surface area contributed by atoms with E-state index in [1.54, 1.807) is 0 Å². The van der Waals surface area contributed by atoms with Crippen molar-refractivity contribution in [1.29, 1.82) is 0 Å². The SMILES string of the molecule is CCOc1cc(OCC)c(CNCCNCc2c(OCC)cc(OCC)cc2OCC)c(OCC)c1. The van der Waals surface area contributed by atoms with Crippen molar-refractivity contribution >= 4 is 0 Å². The minimum absolute atomic E-state index is 0.572. The van der Waals surface area contributed by atoms with Gasteiger partial charge < -0.3 is 39.1 Å². The Hall–Kier alpha value is -2.84. The lowest BCUT2D eigenvalue weighted by Gasteiger charge is -2.19. The third-order valence-electron chi connectivity index (χ3n) is 5.19. The zero-order chi connectivity index (χ0) is 26.2. The second-order valence-corrected chi connectivity index (χ2v) is 7.75. The Kier molecular flexibility index (Phi) is 13.7. The minimum Gasteiger partial charge on any atom is -0.494 e. The van der Waals surface area contributed by atoms with Crippen LogP contribution in [0.15, 0.2) is 24.3 Å². The highest BCUT2D eigenvalue weighted by molar-refractivity contribution is 5.51. The molecule has 8 heteroatoms. The number of benzene rings is 2. The van der Waals surface area contributed by atoms with Crippen molar-refractivity contribution in [1.82, 2.24) is 10.6 Å². The van der Waals surface area contributed by atoms with E-state index in [0.29, 0.717) is 52.7 Å². The van der Waals surface area contributed by atoms with Crippen molar-refractivity contribution in [2.45, 2.75) is 54.6 Å². The third-order valence-corrected chi connectivity index (χ3v) is 5.19. The maximum absolute atomic E-state index is 5.89. The quantitative estimate of drug-likeness (QED) is 0.260. The molecular formula is C28H44N2O6. The molecule has 8 nitrogen and oxygen atoms in total. The average molecular weight is 505 g/mol. The van der Waals surface area contributed by atoms with E-state index < -0.39 is 0 Å². The highest BCUT2D eigenvalue weighted by Crippen LogP contribution is 2.35. The maximum Gasteiger partial charge on any atom is 0.131 e. The van der Waals surface area contributed by atoms with Gasteiger partial charge in [0.25, 0.3) is 0 Å². The monoisotopic (exact) mass is 504 g/mol. The molecule has 36 heavy (non-hydrogen) atoms. The second-order valence-electron chi connectivity index (χ2n) is 7.75. The molecule has 0 spiro atoms. The van der Waals surface area contributed by atoms with E-state index in [-0.39, 0.29) is 0 Å². The van der Waals surface area contributed by atoms with Crippen LogP contribution in [-0.4, -0.2) is 52.7 Å². The van der Waals surface area contributed by atoms with Gasteiger partial charge in [0.15, 0.2) is 0 Å². The van der Waals surface area contributed by atoms with Gasteiger partial charge in [-0.2, -0.15) is 0 Å². The Balaban J connectivity index is 2.02. The Morgan fingerprint density at radius 1 is 0.444 bits per heavy atom. The molecule has 2 aromatic rings. The zero-order valence-corrected chi connectivity index (χ0v) is 22.8. The van der Waals surface area contributed by atoms with Gasteiger partial charge in [0.05, 0.1) is 50.8 Å². The van der Waals surface area contributed by atoms with E-state index in [2.05, 4.69) is 10.6 Å². The first-order valence-electron chi connectivity index (χ1n) is 13.1. The van der Waals surface area contributed by atoms with Crippen molar-refractivity contribution in [3.8, 4) is 34.5 Å². The fraction of sp³-hybridized carbons (Fsp3) is 0.571. The number of rotatable bonds is 19. The van der Waals surface area contributed by atoms with Crippen LogP contribution in [0.1, 0.15) is 52.7 Å². The van der Waals surface area contributed by atoms with Crippen LogP contribution in [0.2, 0.25) is 0 Å².